The van der Waals surface area contributed by atoms with Crippen molar-refractivity contribution in [2.45, 2.75) is 30.6 Å². The molecule has 0 saturated carbocycles. The van der Waals surface area contributed by atoms with Crippen molar-refractivity contribution in [2.75, 3.05) is 13.1 Å². The summed E-state index contributed by atoms with van der Waals surface area (Å²) < 4.78 is 30.9. The Balaban J connectivity index is 1.39. The molecule has 1 saturated heterocycles. The summed E-state index contributed by atoms with van der Waals surface area (Å²) in [6.07, 6.45) is 1.68. The van der Waals surface area contributed by atoms with E-state index in [2.05, 4.69) is 24.1 Å². The number of benzene rings is 2. The fourth-order valence-corrected chi connectivity index (χ4v) is 5.57. The minimum Gasteiger partial charge on any atom is -0.355 e. The number of aromatic nitrogens is 3. The standard InChI is InChI=1S/C21H20ClN5O2S/c1-14-23-24-20(27(14)17-8-6-16(22)7-9-17)15-10-12-26(13-11-15)21-18-4-2-3-5-19(18)30(28,29)25-21/h2-9,15H,10-13H2,1H3. The monoisotopic (exact) mass is 441 g/mol. The number of amidine groups is 1. The van der Waals surface area contributed by atoms with Gasteiger partial charge in [0.15, 0.2) is 5.84 Å². The van der Waals surface area contributed by atoms with Crippen LogP contribution in [0.2, 0.25) is 5.02 Å². The molecule has 2 aliphatic heterocycles. The number of piperidine rings is 1. The van der Waals surface area contributed by atoms with Gasteiger partial charge in [0.2, 0.25) is 0 Å². The quantitative estimate of drug-likeness (QED) is 0.607. The molecule has 0 spiro atoms. The van der Waals surface area contributed by atoms with Gasteiger partial charge < -0.3 is 4.90 Å². The number of hydrogen-bond donors (Lipinski definition) is 0. The molecule has 3 heterocycles. The van der Waals surface area contributed by atoms with Crippen LogP contribution < -0.4 is 0 Å². The summed E-state index contributed by atoms with van der Waals surface area (Å²) in [4.78, 5) is 2.36. The number of halogens is 1. The summed E-state index contributed by atoms with van der Waals surface area (Å²) in [5, 5.41) is 9.44. The summed E-state index contributed by atoms with van der Waals surface area (Å²) in [6.45, 7) is 3.36. The van der Waals surface area contributed by atoms with Gasteiger partial charge >= 0.3 is 0 Å². The SMILES string of the molecule is Cc1nnc(C2CCN(C3=NS(=O)(=O)c4ccccc43)CC2)n1-c1ccc(Cl)cc1. The van der Waals surface area contributed by atoms with E-state index in [1.807, 2.05) is 43.3 Å². The molecule has 9 heteroatoms. The molecule has 0 atom stereocenters. The molecule has 0 unspecified atom stereocenters. The summed E-state index contributed by atoms with van der Waals surface area (Å²) in [6, 6.07) is 14.7. The van der Waals surface area contributed by atoms with Crippen molar-refractivity contribution in [2.24, 2.45) is 4.40 Å². The molecule has 3 aromatic rings. The Morgan fingerprint density at radius 3 is 2.43 bits per heavy atom. The smallest absolute Gasteiger partial charge is 0.285 e. The lowest BCUT2D eigenvalue weighted by Gasteiger charge is -2.33. The number of fused-ring (bicyclic) bond motifs is 1. The molecule has 2 aliphatic rings. The Labute approximate surface area is 180 Å². The molecule has 1 aromatic heterocycles. The molecule has 7 nitrogen and oxygen atoms in total. The maximum atomic E-state index is 12.4. The Bertz CT molecular complexity index is 1240. The predicted octanol–water partition coefficient (Wildman–Crippen LogP) is 3.56. The fourth-order valence-electron chi connectivity index (χ4n) is 4.22. The molecular weight excluding hydrogens is 422 g/mol. The van der Waals surface area contributed by atoms with Gasteiger partial charge in [0.25, 0.3) is 10.0 Å². The van der Waals surface area contributed by atoms with Crippen molar-refractivity contribution in [3.05, 3.63) is 70.8 Å². The van der Waals surface area contributed by atoms with Gasteiger partial charge in [0.1, 0.15) is 16.5 Å². The summed E-state index contributed by atoms with van der Waals surface area (Å²) in [7, 11) is -3.60. The molecule has 30 heavy (non-hydrogen) atoms. The normalized spacial score (nSPS) is 18.3. The van der Waals surface area contributed by atoms with Crippen molar-refractivity contribution in [1.29, 1.82) is 0 Å². The van der Waals surface area contributed by atoms with Crippen LogP contribution in [0.3, 0.4) is 0 Å². The molecular formula is C21H20ClN5O2S. The van der Waals surface area contributed by atoms with Crippen LogP contribution in [-0.4, -0.2) is 47.0 Å². The van der Waals surface area contributed by atoms with Gasteiger partial charge in [-0.2, -0.15) is 8.42 Å². The maximum Gasteiger partial charge on any atom is 0.285 e. The number of likely N-dealkylation sites (tertiary alicyclic amines) is 1. The molecule has 0 bridgehead atoms. The third kappa shape index (κ3) is 3.20. The van der Waals surface area contributed by atoms with Crippen molar-refractivity contribution in [3.63, 3.8) is 0 Å². The predicted molar refractivity (Wildman–Crippen MR) is 115 cm³/mol. The summed E-state index contributed by atoms with van der Waals surface area (Å²) in [5.41, 5.74) is 1.68. The maximum absolute atomic E-state index is 12.4. The van der Waals surface area contributed by atoms with Gasteiger partial charge in [0, 0.05) is 35.3 Å². The minimum absolute atomic E-state index is 0.229. The molecule has 0 amide bonds. The lowest BCUT2D eigenvalue weighted by Crippen LogP contribution is -2.38. The zero-order valence-electron chi connectivity index (χ0n) is 16.4. The number of aryl methyl sites for hydroxylation is 1. The van der Waals surface area contributed by atoms with Crippen molar-refractivity contribution < 1.29 is 8.42 Å². The third-order valence-corrected chi connectivity index (χ3v) is 7.28. The minimum atomic E-state index is -3.60. The molecule has 154 valence electrons. The lowest BCUT2D eigenvalue weighted by atomic mass is 9.95. The highest BCUT2D eigenvalue weighted by Gasteiger charge is 2.34. The number of rotatable bonds is 2. The first-order valence-corrected chi connectivity index (χ1v) is 11.6. The zero-order chi connectivity index (χ0) is 20.9. The Kier molecular flexibility index (Phi) is 4.63. The van der Waals surface area contributed by atoms with Crippen molar-refractivity contribution in [3.8, 4) is 5.69 Å². The van der Waals surface area contributed by atoms with E-state index in [4.69, 9.17) is 11.6 Å². The van der Waals surface area contributed by atoms with E-state index >= 15 is 0 Å². The first-order chi connectivity index (χ1) is 14.4. The fraction of sp³-hybridized carbons (Fsp3) is 0.286. The van der Waals surface area contributed by atoms with Crippen molar-refractivity contribution >= 4 is 27.5 Å². The van der Waals surface area contributed by atoms with Gasteiger partial charge in [-0.15, -0.1) is 14.6 Å². The average Bonchev–Trinajstić information content (AvgIpc) is 3.26. The molecule has 1 fully saturated rings. The van der Waals surface area contributed by atoms with Gasteiger partial charge in [-0.1, -0.05) is 23.7 Å². The van der Waals surface area contributed by atoms with E-state index in [0.29, 0.717) is 34.4 Å². The number of sulfonamides is 1. The highest BCUT2D eigenvalue weighted by molar-refractivity contribution is 7.90. The van der Waals surface area contributed by atoms with Crippen molar-refractivity contribution in [1.82, 2.24) is 19.7 Å². The van der Waals surface area contributed by atoms with Gasteiger partial charge in [0.05, 0.1) is 0 Å². The highest BCUT2D eigenvalue weighted by Crippen LogP contribution is 2.33. The first kappa shape index (κ1) is 19.3. The zero-order valence-corrected chi connectivity index (χ0v) is 17.9. The van der Waals surface area contributed by atoms with Crippen LogP contribution in [0.25, 0.3) is 5.69 Å². The van der Waals surface area contributed by atoms with Crippen LogP contribution in [0.5, 0.6) is 0 Å². The molecule has 0 aliphatic carbocycles. The summed E-state index contributed by atoms with van der Waals surface area (Å²) >= 11 is 6.04. The van der Waals surface area contributed by atoms with E-state index in [9.17, 15) is 8.42 Å². The lowest BCUT2D eigenvalue weighted by molar-refractivity contribution is 0.306. The van der Waals surface area contributed by atoms with Gasteiger partial charge in [-0.05, 0) is 56.2 Å². The second kappa shape index (κ2) is 7.21. The number of hydrogen-bond acceptors (Lipinski definition) is 5. The van der Waals surface area contributed by atoms with E-state index in [1.165, 1.54) is 0 Å². The molecule has 2 aromatic carbocycles. The highest BCUT2D eigenvalue weighted by atomic mass is 35.5. The van der Waals surface area contributed by atoms with Crippen LogP contribution in [-0.2, 0) is 10.0 Å². The molecule has 5 rings (SSSR count). The molecule has 0 radical (unpaired) electrons. The Morgan fingerprint density at radius 2 is 1.70 bits per heavy atom. The van der Waals surface area contributed by atoms with Crippen LogP contribution in [0.4, 0.5) is 0 Å². The average molecular weight is 442 g/mol. The first-order valence-electron chi connectivity index (χ1n) is 9.81. The second-order valence-corrected chi connectivity index (χ2v) is 9.57. The van der Waals surface area contributed by atoms with Gasteiger partial charge in [-0.3, -0.25) is 4.57 Å². The van der Waals surface area contributed by atoms with Crippen LogP contribution in [0.1, 0.15) is 36.0 Å². The van der Waals surface area contributed by atoms with E-state index in [0.717, 1.165) is 30.2 Å². The molecule has 0 N–H and O–H groups in total. The van der Waals surface area contributed by atoms with E-state index in [-0.39, 0.29) is 5.92 Å². The van der Waals surface area contributed by atoms with Crippen LogP contribution in [0, 0.1) is 6.92 Å². The van der Waals surface area contributed by atoms with E-state index < -0.39 is 10.0 Å². The second-order valence-electron chi connectivity index (χ2n) is 7.56. The van der Waals surface area contributed by atoms with Crippen LogP contribution >= 0.6 is 11.6 Å². The van der Waals surface area contributed by atoms with E-state index in [1.54, 1.807) is 12.1 Å². The topological polar surface area (TPSA) is 80.5 Å². The van der Waals surface area contributed by atoms with Gasteiger partial charge in [-0.25, -0.2) is 0 Å². The number of nitrogens with zero attached hydrogens (tertiary/aromatic N) is 5. The Morgan fingerprint density at radius 1 is 1.00 bits per heavy atom. The third-order valence-electron chi connectivity index (χ3n) is 5.71. The van der Waals surface area contributed by atoms with Crippen LogP contribution in [0.15, 0.2) is 57.8 Å². The summed E-state index contributed by atoms with van der Waals surface area (Å²) in [5.74, 6) is 2.54. The Hall–Kier alpha value is -2.71. The largest absolute Gasteiger partial charge is 0.355 e.